The molecule has 0 aliphatic carbocycles. The molecule has 1 atom stereocenters. The van der Waals surface area contributed by atoms with E-state index >= 15 is 0 Å². The van der Waals surface area contributed by atoms with Crippen LogP contribution in [-0.4, -0.2) is 31.6 Å². The number of carbonyl (C=O) groups excluding carboxylic acids is 1. The van der Waals surface area contributed by atoms with Crippen molar-refractivity contribution in [1.82, 2.24) is 15.0 Å². The van der Waals surface area contributed by atoms with Crippen molar-refractivity contribution in [2.75, 3.05) is 5.32 Å². The zero-order valence-electron chi connectivity index (χ0n) is 14.8. The summed E-state index contributed by atoms with van der Waals surface area (Å²) in [5.41, 5.74) is -3.56. The lowest BCUT2D eigenvalue weighted by Gasteiger charge is -2.22. The molecule has 0 saturated carbocycles. The number of hydrogen-bond donors (Lipinski definition) is 2. The monoisotopic (exact) mass is 407 g/mol. The second-order valence-electron chi connectivity index (χ2n) is 6.48. The molecule has 7 nitrogen and oxygen atoms in total. The Hall–Kier alpha value is -3.52. The number of aliphatic hydroxyl groups is 1. The molecule has 0 fully saturated rings. The van der Waals surface area contributed by atoms with Crippen LogP contribution in [0.1, 0.15) is 18.1 Å². The lowest BCUT2D eigenvalue weighted by molar-refractivity contribution is -0.138. The van der Waals surface area contributed by atoms with E-state index in [1.54, 1.807) is 0 Å². The van der Waals surface area contributed by atoms with E-state index in [9.17, 15) is 27.5 Å². The van der Waals surface area contributed by atoms with Crippen LogP contribution < -0.4 is 5.32 Å². The van der Waals surface area contributed by atoms with Crippen LogP contribution in [0.4, 0.5) is 23.2 Å². The zero-order valence-corrected chi connectivity index (χ0v) is 14.8. The fourth-order valence-corrected chi connectivity index (χ4v) is 2.65. The summed E-state index contributed by atoms with van der Waals surface area (Å²) in [6, 6.07) is 7.75. The summed E-state index contributed by atoms with van der Waals surface area (Å²) in [5, 5.41) is 29.0. The van der Waals surface area contributed by atoms with Crippen LogP contribution in [0.2, 0.25) is 0 Å². The van der Waals surface area contributed by atoms with Gasteiger partial charge in [-0.3, -0.25) is 4.79 Å². The highest BCUT2D eigenvalue weighted by atomic mass is 19.4. The van der Waals surface area contributed by atoms with Crippen molar-refractivity contribution in [3.63, 3.8) is 0 Å². The molecule has 0 aliphatic rings. The van der Waals surface area contributed by atoms with Crippen molar-refractivity contribution in [3.8, 4) is 6.07 Å². The van der Waals surface area contributed by atoms with Gasteiger partial charge in [0.2, 0.25) is 0 Å². The smallest absolute Gasteiger partial charge is 0.378 e. The van der Waals surface area contributed by atoms with Gasteiger partial charge < -0.3 is 10.4 Å². The van der Waals surface area contributed by atoms with Gasteiger partial charge in [-0.05, 0) is 37.3 Å². The Kier molecular flexibility index (Phi) is 4.98. The molecule has 0 aliphatic heterocycles. The quantitative estimate of drug-likeness (QED) is 0.648. The van der Waals surface area contributed by atoms with Gasteiger partial charge >= 0.3 is 6.18 Å². The highest BCUT2D eigenvalue weighted by Gasteiger charge is 2.35. The first-order valence-corrected chi connectivity index (χ1v) is 8.15. The number of carbonyl (C=O) groups is 1. The van der Waals surface area contributed by atoms with Gasteiger partial charge in [-0.2, -0.15) is 18.4 Å². The normalized spacial score (nSPS) is 13.7. The summed E-state index contributed by atoms with van der Waals surface area (Å²) in [7, 11) is 0. The summed E-state index contributed by atoms with van der Waals surface area (Å²) in [6.07, 6.45) is -4.79. The van der Waals surface area contributed by atoms with Crippen molar-refractivity contribution in [1.29, 1.82) is 5.26 Å². The van der Waals surface area contributed by atoms with E-state index in [1.165, 1.54) is 16.8 Å². The van der Waals surface area contributed by atoms with Crippen molar-refractivity contribution < 1.29 is 27.5 Å². The number of nitrogens with zero attached hydrogens (tertiary/aromatic N) is 4. The molecule has 1 amide bonds. The van der Waals surface area contributed by atoms with E-state index in [1.807, 2.05) is 0 Å². The third-order valence-electron chi connectivity index (χ3n) is 4.13. The lowest BCUT2D eigenvalue weighted by Crippen LogP contribution is -2.44. The Labute approximate surface area is 161 Å². The van der Waals surface area contributed by atoms with Crippen molar-refractivity contribution >= 4 is 22.6 Å². The Bertz CT molecular complexity index is 1130. The topological polar surface area (TPSA) is 104 Å². The van der Waals surface area contributed by atoms with E-state index in [-0.39, 0.29) is 17.7 Å². The van der Waals surface area contributed by atoms with E-state index in [0.717, 1.165) is 31.2 Å². The summed E-state index contributed by atoms with van der Waals surface area (Å²) in [5.74, 6) is -1.53. The molecule has 3 aromatic rings. The molecule has 11 heteroatoms. The van der Waals surface area contributed by atoms with E-state index in [2.05, 4.69) is 15.6 Å². The molecule has 1 heterocycles. The number of nitrogens with one attached hydrogen (secondary N) is 1. The predicted molar refractivity (Wildman–Crippen MR) is 92.9 cm³/mol. The van der Waals surface area contributed by atoms with Crippen molar-refractivity contribution in [3.05, 3.63) is 53.3 Å². The molecule has 1 aromatic heterocycles. The highest BCUT2D eigenvalue weighted by Crippen LogP contribution is 2.33. The van der Waals surface area contributed by atoms with Gasteiger partial charge in [-0.25, -0.2) is 9.07 Å². The first-order chi connectivity index (χ1) is 13.5. The first-order valence-electron chi connectivity index (χ1n) is 8.15. The Morgan fingerprint density at radius 1 is 1.28 bits per heavy atom. The predicted octanol–water partition coefficient (Wildman–Crippen LogP) is 2.85. The molecular formula is C18H13F4N5O2. The SMILES string of the molecule is CC(O)(Cn1nnc2cc(F)ccc21)C(=O)Nc1ccc(C#N)c(C(F)(F)F)c1. The molecule has 2 aromatic carbocycles. The highest BCUT2D eigenvalue weighted by molar-refractivity contribution is 5.97. The third-order valence-corrected chi connectivity index (χ3v) is 4.13. The van der Waals surface area contributed by atoms with Crippen LogP contribution in [0.3, 0.4) is 0 Å². The zero-order chi connectivity index (χ0) is 21.4. The standard InChI is InChI=1S/C18H13F4N5O2/c1-17(29,9-27-15-5-3-11(19)6-14(15)25-26-27)16(28)24-12-4-2-10(8-23)13(7-12)18(20,21)22/h2-7,29H,9H2,1H3,(H,24,28). The molecule has 0 saturated heterocycles. The minimum Gasteiger partial charge on any atom is -0.378 e. The molecule has 29 heavy (non-hydrogen) atoms. The summed E-state index contributed by atoms with van der Waals surface area (Å²) >= 11 is 0. The maximum absolute atomic E-state index is 13.2. The van der Waals surface area contributed by atoms with Gasteiger partial charge in [-0.15, -0.1) is 5.10 Å². The molecule has 150 valence electrons. The lowest BCUT2D eigenvalue weighted by atomic mass is 10.0. The minimum absolute atomic E-state index is 0.211. The van der Waals surface area contributed by atoms with Crippen molar-refractivity contribution in [2.24, 2.45) is 0 Å². The molecule has 1 unspecified atom stereocenters. The van der Waals surface area contributed by atoms with Gasteiger partial charge in [0.1, 0.15) is 11.3 Å². The van der Waals surface area contributed by atoms with Crippen LogP contribution >= 0.6 is 0 Å². The second-order valence-corrected chi connectivity index (χ2v) is 6.48. The van der Waals surface area contributed by atoms with Gasteiger partial charge in [0.15, 0.2) is 5.60 Å². The van der Waals surface area contributed by atoms with Crippen LogP contribution in [0, 0.1) is 17.1 Å². The Balaban J connectivity index is 1.83. The Morgan fingerprint density at radius 3 is 2.66 bits per heavy atom. The fraction of sp³-hybridized carbons (Fsp3) is 0.222. The number of hydrogen-bond acceptors (Lipinski definition) is 5. The molecule has 0 radical (unpaired) electrons. The number of fused-ring (bicyclic) bond motifs is 1. The summed E-state index contributed by atoms with van der Waals surface area (Å²) in [6.45, 7) is 0.761. The first kappa shape index (κ1) is 20.2. The Morgan fingerprint density at radius 2 is 2.00 bits per heavy atom. The number of rotatable bonds is 4. The largest absolute Gasteiger partial charge is 0.417 e. The van der Waals surface area contributed by atoms with E-state index in [4.69, 9.17) is 5.26 Å². The van der Waals surface area contributed by atoms with Gasteiger partial charge in [0.25, 0.3) is 5.91 Å². The number of anilines is 1. The maximum atomic E-state index is 13.2. The van der Waals surface area contributed by atoms with Gasteiger partial charge in [0, 0.05) is 11.8 Å². The van der Waals surface area contributed by atoms with Crippen LogP contribution in [0.25, 0.3) is 11.0 Å². The molecule has 0 bridgehead atoms. The van der Waals surface area contributed by atoms with Crippen LogP contribution in [0.15, 0.2) is 36.4 Å². The van der Waals surface area contributed by atoms with Crippen molar-refractivity contribution in [2.45, 2.75) is 25.2 Å². The fourth-order valence-electron chi connectivity index (χ4n) is 2.65. The third kappa shape index (κ3) is 4.17. The maximum Gasteiger partial charge on any atom is 0.417 e. The molecule has 2 N–H and O–H groups in total. The average molecular weight is 407 g/mol. The number of amides is 1. The second kappa shape index (κ2) is 7.14. The summed E-state index contributed by atoms with van der Waals surface area (Å²) < 4.78 is 53.6. The number of halogens is 4. The molecular weight excluding hydrogens is 394 g/mol. The molecule has 0 spiro atoms. The average Bonchev–Trinajstić information content (AvgIpc) is 3.02. The number of nitriles is 1. The van der Waals surface area contributed by atoms with Crippen LogP contribution in [-0.2, 0) is 17.5 Å². The summed E-state index contributed by atoms with van der Waals surface area (Å²) in [4.78, 5) is 12.4. The van der Waals surface area contributed by atoms with E-state index in [0.29, 0.717) is 11.6 Å². The minimum atomic E-state index is -4.79. The van der Waals surface area contributed by atoms with Crippen LogP contribution in [0.5, 0.6) is 0 Å². The molecule has 3 rings (SSSR count). The number of benzene rings is 2. The van der Waals surface area contributed by atoms with Gasteiger partial charge in [-0.1, -0.05) is 5.21 Å². The number of aromatic nitrogens is 3. The van der Waals surface area contributed by atoms with Gasteiger partial charge in [0.05, 0.1) is 29.3 Å². The number of alkyl halides is 3. The van der Waals surface area contributed by atoms with E-state index < -0.39 is 34.6 Å².